The highest BCUT2D eigenvalue weighted by Crippen LogP contribution is 2.33. The van der Waals surface area contributed by atoms with Crippen LogP contribution in [0.25, 0.3) is 11.0 Å². The molecule has 0 saturated heterocycles. The zero-order valence-corrected chi connectivity index (χ0v) is 19.6. The van der Waals surface area contributed by atoms with Crippen molar-refractivity contribution in [2.24, 2.45) is 0 Å². The van der Waals surface area contributed by atoms with E-state index in [1.807, 2.05) is 62.4 Å². The molecule has 2 aromatic heterocycles. The Kier molecular flexibility index (Phi) is 7.08. The largest absolute Gasteiger partial charge is 0.452 e. The summed E-state index contributed by atoms with van der Waals surface area (Å²) < 4.78 is 6.90. The van der Waals surface area contributed by atoms with Gasteiger partial charge in [-0.2, -0.15) is 0 Å². The summed E-state index contributed by atoms with van der Waals surface area (Å²) in [4.78, 5) is 44.3. The van der Waals surface area contributed by atoms with E-state index in [1.165, 1.54) is 18.0 Å². The van der Waals surface area contributed by atoms with Gasteiger partial charge in [-0.05, 0) is 50.2 Å². The molecule has 8 heteroatoms. The Labute approximate surface area is 200 Å². The quantitative estimate of drug-likeness (QED) is 0.392. The lowest BCUT2D eigenvalue weighted by Crippen LogP contribution is -2.25. The molecule has 0 saturated carbocycles. The Morgan fingerprint density at radius 3 is 2.53 bits per heavy atom. The normalized spacial score (nSPS) is 10.8. The second kappa shape index (κ2) is 10.4. The summed E-state index contributed by atoms with van der Waals surface area (Å²) in [5, 5.41) is 3.11. The lowest BCUT2D eigenvalue weighted by molar-refractivity contribution is -0.119. The van der Waals surface area contributed by atoms with Gasteiger partial charge < -0.3 is 14.6 Å². The Bertz CT molecular complexity index is 1420. The predicted molar refractivity (Wildman–Crippen MR) is 132 cm³/mol. The maximum absolute atomic E-state index is 12.8. The molecule has 4 rings (SSSR count). The predicted octanol–water partition coefficient (Wildman–Crippen LogP) is 4.67. The molecule has 1 amide bonds. The van der Waals surface area contributed by atoms with Gasteiger partial charge in [-0.3, -0.25) is 9.59 Å². The van der Waals surface area contributed by atoms with Crippen LogP contribution in [0.4, 0.5) is 5.69 Å². The molecule has 0 unspecified atom stereocenters. The number of pyridine rings is 2. The molecule has 4 aromatic rings. The van der Waals surface area contributed by atoms with Crippen LogP contribution in [0, 0.1) is 6.92 Å². The van der Waals surface area contributed by atoms with Gasteiger partial charge in [0.25, 0.3) is 5.91 Å². The SMILES string of the molecule is CCn1cc(C(=O)OCC(=O)Nc2ccccc2Sc2ccccc2)c(=O)c2ccc(C)nc21. The summed E-state index contributed by atoms with van der Waals surface area (Å²) in [6, 6.07) is 20.5. The molecule has 2 aromatic carbocycles. The summed E-state index contributed by atoms with van der Waals surface area (Å²) in [6.07, 6.45) is 1.43. The highest BCUT2D eigenvalue weighted by atomic mass is 32.2. The number of para-hydroxylation sites is 1. The number of hydrogen-bond donors (Lipinski definition) is 1. The second-order valence-electron chi connectivity index (χ2n) is 7.52. The Balaban J connectivity index is 1.47. The van der Waals surface area contributed by atoms with Crippen molar-refractivity contribution in [1.29, 1.82) is 0 Å². The maximum atomic E-state index is 12.8. The van der Waals surface area contributed by atoms with Gasteiger partial charge in [0.1, 0.15) is 11.2 Å². The molecule has 1 N–H and O–H groups in total. The number of ether oxygens (including phenoxy) is 1. The number of anilines is 1. The smallest absolute Gasteiger partial charge is 0.344 e. The molecule has 0 aliphatic carbocycles. The van der Waals surface area contributed by atoms with Crippen molar-refractivity contribution in [3.63, 3.8) is 0 Å². The molecule has 0 fully saturated rings. The van der Waals surface area contributed by atoms with E-state index >= 15 is 0 Å². The average molecular weight is 474 g/mol. The van der Waals surface area contributed by atoms with E-state index in [2.05, 4.69) is 10.3 Å². The fourth-order valence-corrected chi connectivity index (χ4v) is 4.34. The molecule has 7 nitrogen and oxygen atoms in total. The maximum Gasteiger partial charge on any atom is 0.344 e. The minimum absolute atomic E-state index is 0.132. The van der Waals surface area contributed by atoms with Crippen LogP contribution in [0.2, 0.25) is 0 Å². The van der Waals surface area contributed by atoms with E-state index in [4.69, 9.17) is 4.74 Å². The van der Waals surface area contributed by atoms with Gasteiger partial charge in [0.05, 0.1) is 11.1 Å². The summed E-state index contributed by atoms with van der Waals surface area (Å²) in [5.74, 6) is -1.35. The Hall–Kier alpha value is -3.91. The van der Waals surface area contributed by atoms with Gasteiger partial charge in [0, 0.05) is 28.2 Å². The summed E-state index contributed by atoms with van der Waals surface area (Å²) in [7, 11) is 0. The number of benzene rings is 2. The summed E-state index contributed by atoms with van der Waals surface area (Å²) >= 11 is 1.51. The number of nitrogens with one attached hydrogen (secondary N) is 1. The van der Waals surface area contributed by atoms with Crippen molar-refractivity contribution >= 4 is 40.4 Å². The summed E-state index contributed by atoms with van der Waals surface area (Å²) in [6.45, 7) is 3.73. The number of amides is 1. The third kappa shape index (κ3) is 5.18. The van der Waals surface area contributed by atoms with Gasteiger partial charge in [-0.25, -0.2) is 9.78 Å². The number of fused-ring (bicyclic) bond motifs is 1. The minimum Gasteiger partial charge on any atom is -0.452 e. The number of esters is 1. The van der Waals surface area contributed by atoms with Crippen molar-refractivity contribution in [3.8, 4) is 0 Å². The highest BCUT2D eigenvalue weighted by molar-refractivity contribution is 7.99. The Morgan fingerprint density at radius 2 is 1.76 bits per heavy atom. The fraction of sp³-hybridized carbons (Fsp3) is 0.154. The van der Waals surface area contributed by atoms with E-state index in [0.717, 1.165) is 15.5 Å². The van der Waals surface area contributed by atoms with Crippen molar-refractivity contribution in [2.45, 2.75) is 30.2 Å². The molecule has 0 radical (unpaired) electrons. The van der Waals surface area contributed by atoms with Crippen LogP contribution < -0.4 is 10.7 Å². The molecule has 0 aliphatic rings. The van der Waals surface area contributed by atoms with E-state index < -0.39 is 23.9 Å². The van der Waals surface area contributed by atoms with Crippen molar-refractivity contribution < 1.29 is 14.3 Å². The number of hydrogen-bond acceptors (Lipinski definition) is 6. The van der Waals surface area contributed by atoms with E-state index in [9.17, 15) is 14.4 Å². The molecular weight excluding hydrogens is 450 g/mol. The fourth-order valence-electron chi connectivity index (χ4n) is 3.42. The first kappa shape index (κ1) is 23.3. The van der Waals surface area contributed by atoms with Gasteiger partial charge in [-0.1, -0.05) is 42.1 Å². The van der Waals surface area contributed by atoms with E-state index in [0.29, 0.717) is 23.3 Å². The second-order valence-corrected chi connectivity index (χ2v) is 8.63. The lowest BCUT2D eigenvalue weighted by Gasteiger charge is -2.12. The van der Waals surface area contributed by atoms with E-state index in [1.54, 1.807) is 22.8 Å². The highest BCUT2D eigenvalue weighted by Gasteiger charge is 2.19. The van der Waals surface area contributed by atoms with Crippen LogP contribution in [0.3, 0.4) is 0 Å². The topological polar surface area (TPSA) is 90.3 Å². The first-order valence-corrected chi connectivity index (χ1v) is 11.6. The number of carbonyl (C=O) groups excluding carboxylic acids is 2. The standard InChI is InChI=1S/C26H23N3O4S/c1-3-29-15-20(24(31)19-14-13-17(2)27-25(19)29)26(32)33-16-23(30)28-21-11-7-8-12-22(21)34-18-9-5-4-6-10-18/h4-15H,3,16H2,1-2H3,(H,28,30). The molecule has 2 heterocycles. The molecule has 172 valence electrons. The van der Waals surface area contributed by atoms with Crippen LogP contribution in [0.1, 0.15) is 23.0 Å². The minimum atomic E-state index is -0.850. The monoisotopic (exact) mass is 473 g/mol. The van der Waals surface area contributed by atoms with Gasteiger partial charge in [0.2, 0.25) is 5.43 Å². The Morgan fingerprint density at radius 1 is 1.03 bits per heavy atom. The molecular formula is C26H23N3O4S. The average Bonchev–Trinajstić information content (AvgIpc) is 2.84. The van der Waals surface area contributed by atoms with Crippen LogP contribution in [-0.4, -0.2) is 28.0 Å². The van der Waals surface area contributed by atoms with Crippen molar-refractivity contribution in [1.82, 2.24) is 9.55 Å². The van der Waals surface area contributed by atoms with Crippen LogP contribution in [0.15, 0.2) is 87.5 Å². The molecule has 0 bridgehead atoms. The number of aromatic nitrogens is 2. The number of nitrogens with zero attached hydrogens (tertiary/aromatic N) is 2. The summed E-state index contributed by atoms with van der Waals surface area (Å²) in [5.41, 5.74) is 1.29. The van der Waals surface area contributed by atoms with Gasteiger partial charge in [-0.15, -0.1) is 0 Å². The molecule has 0 aliphatic heterocycles. The zero-order valence-electron chi connectivity index (χ0n) is 18.8. The zero-order chi connectivity index (χ0) is 24.1. The van der Waals surface area contributed by atoms with Gasteiger partial charge in [0.15, 0.2) is 6.61 Å². The molecule has 34 heavy (non-hydrogen) atoms. The lowest BCUT2D eigenvalue weighted by atomic mass is 10.2. The van der Waals surface area contributed by atoms with Crippen LogP contribution in [-0.2, 0) is 16.1 Å². The number of aryl methyl sites for hydroxylation is 2. The third-order valence-corrected chi connectivity index (χ3v) is 6.17. The first-order valence-electron chi connectivity index (χ1n) is 10.8. The van der Waals surface area contributed by atoms with Gasteiger partial charge >= 0.3 is 5.97 Å². The third-order valence-electron chi connectivity index (χ3n) is 5.09. The van der Waals surface area contributed by atoms with E-state index in [-0.39, 0.29) is 5.56 Å². The number of carbonyl (C=O) groups is 2. The van der Waals surface area contributed by atoms with Crippen molar-refractivity contribution in [3.05, 3.63) is 94.4 Å². The van der Waals surface area contributed by atoms with Crippen molar-refractivity contribution in [2.75, 3.05) is 11.9 Å². The molecule has 0 atom stereocenters. The first-order chi connectivity index (χ1) is 16.5. The number of rotatable bonds is 7. The van der Waals surface area contributed by atoms with Crippen LogP contribution >= 0.6 is 11.8 Å². The molecule has 0 spiro atoms. The van der Waals surface area contributed by atoms with Crippen LogP contribution in [0.5, 0.6) is 0 Å².